The number of anilines is 5. The van der Waals surface area contributed by atoms with E-state index in [0.29, 0.717) is 0 Å². The number of carboxylic acids is 1. The molecule has 3 aromatic carbocycles. The highest BCUT2D eigenvalue weighted by Gasteiger charge is 2.13. The van der Waals surface area contributed by atoms with E-state index in [1.165, 1.54) is 12.2 Å². The molecule has 0 aliphatic heterocycles. The zero-order valence-corrected chi connectivity index (χ0v) is 21.0. The summed E-state index contributed by atoms with van der Waals surface area (Å²) in [5.74, 6) is -1.24. The first-order valence-electron chi connectivity index (χ1n) is 11.4. The summed E-state index contributed by atoms with van der Waals surface area (Å²) in [5, 5.41) is 17.7. The molecule has 0 atom stereocenters. The van der Waals surface area contributed by atoms with E-state index in [1.807, 2.05) is 46.4 Å². The van der Waals surface area contributed by atoms with Crippen LogP contribution in [0.25, 0.3) is 6.08 Å². The van der Waals surface area contributed by atoms with Crippen molar-refractivity contribution in [3.63, 3.8) is 0 Å². The predicted octanol–water partition coefficient (Wildman–Crippen LogP) is 6.39. The van der Waals surface area contributed by atoms with Gasteiger partial charge >= 0.3 is 5.97 Å². The lowest BCUT2D eigenvalue weighted by Gasteiger charge is -2.27. The van der Waals surface area contributed by atoms with E-state index in [-0.39, 0.29) is 5.57 Å². The van der Waals surface area contributed by atoms with Crippen molar-refractivity contribution < 1.29 is 9.90 Å². The van der Waals surface area contributed by atoms with Crippen molar-refractivity contribution in [3.8, 4) is 6.07 Å². The molecule has 0 radical (unpaired) electrons. The van der Waals surface area contributed by atoms with E-state index in [1.54, 1.807) is 18.2 Å². The molecule has 3 rings (SSSR count). The fourth-order valence-electron chi connectivity index (χ4n) is 3.52. The highest BCUT2D eigenvalue weighted by molar-refractivity contribution is 5.91. The van der Waals surface area contributed by atoms with E-state index in [4.69, 9.17) is 10.4 Å². The van der Waals surface area contributed by atoms with Crippen LogP contribution < -0.4 is 14.7 Å². The summed E-state index contributed by atoms with van der Waals surface area (Å²) < 4.78 is 0. The van der Waals surface area contributed by atoms with Crippen LogP contribution in [-0.2, 0) is 4.79 Å². The zero-order valence-electron chi connectivity index (χ0n) is 21.0. The monoisotopic (exact) mass is 478 g/mol. The van der Waals surface area contributed by atoms with Crippen LogP contribution in [0, 0.1) is 11.3 Å². The molecule has 0 fully saturated rings. The number of nitrogens with zero attached hydrogens (tertiary/aromatic N) is 4. The molecular formula is C30H30N4O2. The standard InChI is InChI=1S/C30H30N4O2/c1-32(2)25-14-18-28(19-15-25)34(29-20-16-26(17-21-29)33(3)4)27-12-10-23(11-13-27)8-6-5-7-9-24(22-31)30(35)36/h5-21H,1-4H3,(H,35,36)/b7-5+,8-6+,24-9+. The summed E-state index contributed by atoms with van der Waals surface area (Å²) in [7, 11) is 8.11. The maximum atomic E-state index is 10.8. The van der Waals surface area contributed by atoms with E-state index in [0.717, 1.165) is 34.0 Å². The Kier molecular flexibility index (Phi) is 8.68. The number of benzene rings is 3. The topological polar surface area (TPSA) is 70.8 Å². The van der Waals surface area contributed by atoms with Crippen LogP contribution in [-0.4, -0.2) is 39.3 Å². The highest BCUT2D eigenvalue weighted by atomic mass is 16.4. The van der Waals surface area contributed by atoms with E-state index in [2.05, 4.69) is 75.4 Å². The third-order valence-corrected chi connectivity index (χ3v) is 5.52. The molecule has 0 amide bonds. The smallest absolute Gasteiger partial charge is 0.346 e. The summed E-state index contributed by atoms with van der Waals surface area (Å²) in [5.41, 5.74) is 6.11. The van der Waals surface area contributed by atoms with Gasteiger partial charge in [-0.1, -0.05) is 36.4 Å². The van der Waals surface area contributed by atoms with Gasteiger partial charge in [0.25, 0.3) is 0 Å². The van der Waals surface area contributed by atoms with Gasteiger partial charge in [-0.2, -0.15) is 5.26 Å². The summed E-state index contributed by atoms with van der Waals surface area (Å²) in [6.45, 7) is 0. The van der Waals surface area contributed by atoms with E-state index < -0.39 is 5.97 Å². The molecule has 0 spiro atoms. The maximum Gasteiger partial charge on any atom is 0.346 e. The molecule has 0 bridgehead atoms. The molecule has 0 saturated heterocycles. The number of allylic oxidation sites excluding steroid dienone is 4. The number of hydrogen-bond acceptors (Lipinski definition) is 5. The van der Waals surface area contributed by atoms with Gasteiger partial charge in [-0.25, -0.2) is 4.79 Å². The number of aliphatic carboxylic acids is 1. The van der Waals surface area contributed by atoms with Crippen LogP contribution in [0.15, 0.2) is 103 Å². The van der Waals surface area contributed by atoms with E-state index >= 15 is 0 Å². The lowest BCUT2D eigenvalue weighted by molar-refractivity contribution is -0.132. The quantitative estimate of drug-likeness (QED) is 0.218. The molecule has 3 aromatic rings. The molecule has 182 valence electrons. The molecule has 1 N–H and O–H groups in total. The molecular weight excluding hydrogens is 448 g/mol. The minimum absolute atomic E-state index is 0.304. The Morgan fingerprint density at radius 2 is 1.11 bits per heavy atom. The number of carbonyl (C=O) groups is 1. The number of nitriles is 1. The van der Waals surface area contributed by atoms with Gasteiger partial charge in [0.15, 0.2) is 0 Å². The van der Waals surface area contributed by atoms with Crippen LogP contribution in [0.1, 0.15) is 5.56 Å². The first kappa shape index (κ1) is 25.9. The molecule has 0 unspecified atom stereocenters. The third kappa shape index (κ3) is 6.64. The van der Waals surface area contributed by atoms with Gasteiger partial charge in [0.2, 0.25) is 0 Å². The SMILES string of the molecule is CN(C)c1ccc(N(c2ccc(/C=C/C=C/C=C(\C#N)C(=O)O)cc2)c2ccc(N(C)C)cc2)cc1. The lowest BCUT2D eigenvalue weighted by atomic mass is 10.1. The van der Waals surface area contributed by atoms with Gasteiger partial charge in [0.1, 0.15) is 11.6 Å². The fraction of sp³-hybridized carbons (Fsp3) is 0.133. The molecule has 0 heterocycles. The van der Waals surface area contributed by atoms with Crippen LogP contribution in [0.2, 0.25) is 0 Å². The zero-order chi connectivity index (χ0) is 26.1. The average Bonchev–Trinajstić information content (AvgIpc) is 2.87. The van der Waals surface area contributed by atoms with Crippen molar-refractivity contribution in [1.29, 1.82) is 5.26 Å². The minimum Gasteiger partial charge on any atom is -0.477 e. The Morgan fingerprint density at radius 1 is 0.694 bits per heavy atom. The molecule has 0 aliphatic carbocycles. The second kappa shape index (κ2) is 12.1. The number of rotatable bonds is 9. The first-order valence-corrected chi connectivity index (χ1v) is 11.4. The van der Waals surface area contributed by atoms with Crippen molar-refractivity contribution in [3.05, 3.63) is 108 Å². The van der Waals surface area contributed by atoms with Gasteiger partial charge in [-0.15, -0.1) is 0 Å². The Hall–Kier alpha value is -4.76. The Morgan fingerprint density at radius 3 is 1.50 bits per heavy atom. The average molecular weight is 479 g/mol. The van der Waals surface area contributed by atoms with Gasteiger partial charge in [0, 0.05) is 56.6 Å². The second-order valence-corrected chi connectivity index (χ2v) is 8.49. The Balaban J connectivity index is 1.88. The normalized spacial score (nSPS) is 11.5. The molecule has 0 aliphatic rings. The largest absolute Gasteiger partial charge is 0.477 e. The Bertz CT molecular complexity index is 1240. The predicted molar refractivity (Wildman–Crippen MR) is 149 cm³/mol. The van der Waals surface area contributed by atoms with Gasteiger partial charge < -0.3 is 19.8 Å². The molecule has 0 aromatic heterocycles. The first-order chi connectivity index (χ1) is 17.3. The van der Waals surface area contributed by atoms with Crippen LogP contribution in [0.5, 0.6) is 0 Å². The third-order valence-electron chi connectivity index (χ3n) is 5.52. The van der Waals surface area contributed by atoms with Crippen molar-refractivity contribution in [2.45, 2.75) is 0 Å². The van der Waals surface area contributed by atoms with Gasteiger partial charge in [-0.3, -0.25) is 0 Å². The van der Waals surface area contributed by atoms with Gasteiger partial charge in [0.05, 0.1) is 0 Å². The summed E-state index contributed by atoms with van der Waals surface area (Å²) >= 11 is 0. The summed E-state index contributed by atoms with van der Waals surface area (Å²) in [6.07, 6.45) is 8.23. The van der Waals surface area contributed by atoms with Crippen molar-refractivity contribution in [2.24, 2.45) is 0 Å². The number of carboxylic acid groups (broad SMARTS) is 1. The van der Waals surface area contributed by atoms with Crippen molar-refractivity contribution >= 4 is 40.5 Å². The van der Waals surface area contributed by atoms with Crippen LogP contribution >= 0.6 is 0 Å². The fourth-order valence-corrected chi connectivity index (χ4v) is 3.52. The Labute approximate surface area is 212 Å². The maximum absolute atomic E-state index is 10.8. The minimum atomic E-state index is -1.24. The van der Waals surface area contributed by atoms with Gasteiger partial charge in [-0.05, 0) is 72.3 Å². The lowest BCUT2D eigenvalue weighted by Crippen LogP contribution is -2.12. The molecule has 0 saturated carbocycles. The van der Waals surface area contributed by atoms with Crippen LogP contribution in [0.3, 0.4) is 0 Å². The van der Waals surface area contributed by atoms with E-state index in [9.17, 15) is 4.79 Å². The summed E-state index contributed by atoms with van der Waals surface area (Å²) in [4.78, 5) is 17.2. The second-order valence-electron chi connectivity index (χ2n) is 8.49. The highest BCUT2D eigenvalue weighted by Crippen LogP contribution is 2.36. The van der Waals surface area contributed by atoms with Crippen molar-refractivity contribution in [2.75, 3.05) is 42.9 Å². The molecule has 36 heavy (non-hydrogen) atoms. The summed E-state index contributed by atoms with van der Waals surface area (Å²) in [6, 6.07) is 26.8. The molecule has 6 heteroatoms. The van der Waals surface area contributed by atoms with Crippen LogP contribution in [0.4, 0.5) is 28.4 Å². The number of hydrogen-bond donors (Lipinski definition) is 1. The molecule has 6 nitrogen and oxygen atoms in total. The van der Waals surface area contributed by atoms with Crippen molar-refractivity contribution in [1.82, 2.24) is 0 Å².